The Hall–Kier alpha value is -3.62. The molecule has 0 aromatic heterocycles. The van der Waals surface area contributed by atoms with Gasteiger partial charge in [-0.1, -0.05) is 88.8 Å². The Labute approximate surface area is 426 Å². The van der Waals surface area contributed by atoms with Crippen molar-refractivity contribution < 1.29 is 72.3 Å². The lowest BCUT2D eigenvalue weighted by atomic mass is 9.71. The molecule has 20 atom stereocenters. The van der Waals surface area contributed by atoms with E-state index in [4.69, 9.17) is 52.5 Å². The number of nitrogens with one attached hydrogen (secondary N) is 1. The number of benzene rings is 1. The summed E-state index contributed by atoms with van der Waals surface area (Å²) in [6, 6.07) is 8.34. The van der Waals surface area contributed by atoms with Crippen LogP contribution in [-0.2, 0) is 52.2 Å². The first-order valence-electron chi connectivity index (χ1n) is 26.0. The van der Waals surface area contributed by atoms with E-state index < -0.39 is 72.3 Å². The Morgan fingerprint density at radius 1 is 0.903 bits per heavy atom. The lowest BCUT2D eigenvalue weighted by Gasteiger charge is -2.48. The van der Waals surface area contributed by atoms with Crippen LogP contribution in [0.1, 0.15) is 104 Å². The van der Waals surface area contributed by atoms with Crippen LogP contribution >= 0.6 is 0 Å². The van der Waals surface area contributed by atoms with Crippen molar-refractivity contribution in [1.82, 2.24) is 5.32 Å². The number of allylic oxidation sites excluding steroid dienone is 2. The second-order valence-corrected chi connectivity index (χ2v) is 21.0. The highest BCUT2D eigenvalue weighted by molar-refractivity contribution is 5.87. The number of ether oxygens (including phenoxy) is 10. The number of aromatic carboxylic acids is 1. The zero-order valence-corrected chi connectivity index (χ0v) is 44.0. The van der Waals surface area contributed by atoms with E-state index in [0.29, 0.717) is 48.8 Å². The van der Waals surface area contributed by atoms with E-state index >= 15 is 0 Å². The first-order chi connectivity index (χ1) is 34.3. The fourth-order valence-corrected chi connectivity index (χ4v) is 11.6. The maximum atomic E-state index is 14.4. The SMILES string of the molecule is CC[C@H](C)[C@H]1O[C@]2(C=C[C@@H]1C)C[C@@H]1C[C@@H](C/C=C(\C)C(O[C@@H]3C[C@@H](OC)C(O[C@H]4C[C@H](OC)[C@H](NC)[C@H](C)O4)[C@@H](C)O3)[C@@H](C)/C=C/C=C3\CO[C@@H]4[C@H](O)C(C)=C[C@@H](C(=O)O1)[C@]34O)O2.O=C(O)c1ccccc1. The fourth-order valence-electron chi connectivity index (χ4n) is 11.6. The number of fused-ring (bicyclic) bond motifs is 2. The molecule has 2 bridgehead atoms. The molecule has 16 heteroatoms. The van der Waals surface area contributed by atoms with Crippen LogP contribution in [0.4, 0.5) is 0 Å². The molecule has 4 fully saturated rings. The van der Waals surface area contributed by atoms with Crippen LogP contribution in [0.2, 0.25) is 0 Å². The van der Waals surface area contributed by atoms with Crippen LogP contribution in [0, 0.1) is 23.7 Å². The molecule has 72 heavy (non-hydrogen) atoms. The third kappa shape index (κ3) is 12.4. The summed E-state index contributed by atoms with van der Waals surface area (Å²) in [7, 11) is 5.30. The van der Waals surface area contributed by atoms with Crippen LogP contribution in [0.25, 0.3) is 0 Å². The average Bonchev–Trinajstić information content (AvgIpc) is 3.70. The van der Waals surface area contributed by atoms with Crippen LogP contribution < -0.4 is 5.32 Å². The number of methoxy groups -OCH3 is 2. The van der Waals surface area contributed by atoms with Crippen molar-refractivity contribution in [2.24, 2.45) is 23.7 Å². The smallest absolute Gasteiger partial charge is 0.335 e. The van der Waals surface area contributed by atoms with Gasteiger partial charge in [0.05, 0.1) is 60.9 Å². The highest BCUT2D eigenvalue weighted by Gasteiger charge is 2.60. The number of hydrogen-bond donors (Lipinski definition) is 4. The van der Waals surface area contributed by atoms with Crippen molar-refractivity contribution in [3.05, 3.63) is 95.1 Å². The zero-order valence-electron chi connectivity index (χ0n) is 44.0. The van der Waals surface area contributed by atoms with E-state index in [9.17, 15) is 19.8 Å². The number of carboxylic acid groups (broad SMARTS) is 1. The van der Waals surface area contributed by atoms with Crippen molar-refractivity contribution in [3.63, 3.8) is 0 Å². The Morgan fingerprint density at radius 3 is 2.26 bits per heavy atom. The number of carboxylic acids is 1. The van der Waals surface area contributed by atoms with E-state index in [2.05, 4.69) is 52.1 Å². The van der Waals surface area contributed by atoms with Gasteiger partial charge in [0, 0.05) is 51.7 Å². The second kappa shape index (κ2) is 24.4. The molecule has 4 saturated heterocycles. The van der Waals surface area contributed by atoms with Gasteiger partial charge in [0.1, 0.15) is 35.9 Å². The molecule has 1 aliphatic carbocycles. The van der Waals surface area contributed by atoms with E-state index in [0.717, 1.165) is 12.0 Å². The molecule has 1 aromatic rings. The monoisotopic (exact) mass is 1010 g/mol. The quantitative estimate of drug-likeness (QED) is 0.138. The van der Waals surface area contributed by atoms with Gasteiger partial charge in [0.15, 0.2) is 18.4 Å². The van der Waals surface area contributed by atoms with Gasteiger partial charge < -0.3 is 68.0 Å². The van der Waals surface area contributed by atoms with Crippen molar-refractivity contribution in [3.8, 4) is 0 Å². The molecule has 0 saturated carbocycles. The molecule has 1 spiro atoms. The molecule has 400 valence electrons. The van der Waals surface area contributed by atoms with Gasteiger partial charge in [-0.3, -0.25) is 4.79 Å². The van der Waals surface area contributed by atoms with E-state index in [-0.39, 0.29) is 67.0 Å². The maximum absolute atomic E-state index is 14.4. The summed E-state index contributed by atoms with van der Waals surface area (Å²) in [4.78, 5) is 24.6. The van der Waals surface area contributed by atoms with Gasteiger partial charge in [0.2, 0.25) is 0 Å². The highest BCUT2D eigenvalue weighted by Crippen LogP contribution is 2.47. The Kier molecular flexibility index (Phi) is 19.0. The predicted molar refractivity (Wildman–Crippen MR) is 268 cm³/mol. The molecule has 0 radical (unpaired) electrons. The number of likely N-dealkylation sites (N-methyl/N-ethyl adjacent to an activating group) is 1. The third-order valence-electron chi connectivity index (χ3n) is 15.9. The largest absolute Gasteiger partial charge is 0.478 e. The Morgan fingerprint density at radius 2 is 1.60 bits per heavy atom. The molecule has 8 rings (SSSR count). The Balaban J connectivity index is 0.000000761. The van der Waals surface area contributed by atoms with Crippen molar-refractivity contribution in [2.45, 2.75) is 191 Å². The summed E-state index contributed by atoms with van der Waals surface area (Å²) >= 11 is 0. The summed E-state index contributed by atoms with van der Waals surface area (Å²) in [5.74, 6) is -3.39. The summed E-state index contributed by atoms with van der Waals surface area (Å²) in [6.07, 6.45) is 10.7. The number of aliphatic hydroxyl groups excluding tert-OH is 1. The average molecular weight is 1010 g/mol. The minimum Gasteiger partial charge on any atom is -0.478 e. The maximum Gasteiger partial charge on any atom is 0.335 e. The van der Waals surface area contributed by atoms with Crippen LogP contribution in [0.5, 0.6) is 0 Å². The van der Waals surface area contributed by atoms with Gasteiger partial charge in [-0.15, -0.1) is 0 Å². The number of carbonyl (C=O) groups excluding carboxylic acids is 1. The van der Waals surface area contributed by atoms with Crippen molar-refractivity contribution in [2.75, 3.05) is 27.9 Å². The molecular weight excluding hydrogens is 927 g/mol. The van der Waals surface area contributed by atoms with Crippen molar-refractivity contribution in [1.29, 1.82) is 0 Å². The van der Waals surface area contributed by atoms with Gasteiger partial charge in [-0.25, -0.2) is 4.79 Å². The van der Waals surface area contributed by atoms with E-state index in [1.165, 1.54) is 0 Å². The lowest BCUT2D eigenvalue weighted by Crippen LogP contribution is -2.58. The summed E-state index contributed by atoms with van der Waals surface area (Å²) in [6.45, 7) is 16.4. The second-order valence-electron chi connectivity index (χ2n) is 21.0. The van der Waals surface area contributed by atoms with Gasteiger partial charge >= 0.3 is 11.9 Å². The first-order valence-corrected chi connectivity index (χ1v) is 26.0. The Bertz CT molecular complexity index is 2140. The number of carbonyl (C=O) groups is 2. The normalized spacial score (nSPS) is 43.6. The van der Waals surface area contributed by atoms with E-state index in [1.54, 1.807) is 63.6 Å². The number of esters is 1. The molecule has 4 N–H and O–H groups in total. The minimum atomic E-state index is -1.83. The molecule has 6 aliphatic heterocycles. The minimum absolute atomic E-state index is 0.0411. The van der Waals surface area contributed by atoms with Crippen LogP contribution in [0.3, 0.4) is 0 Å². The topological polar surface area (TPSA) is 199 Å². The summed E-state index contributed by atoms with van der Waals surface area (Å²) in [5, 5.41) is 35.4. The van der Waals surface area contributed by atoms with Crippen LogP contribution in [-0.4, -0.2) is 152 Å². The molecule has 6 heterocycles. The summed E-state index contributed by atoms with van der Waals surface area (Å²) < 4.78 is 64.6. The number of aliphatic hydroxyl groups is 2. The van der Waals surface area contributed by atoms with Crippen molar-refractivity contribution >= 4 is 11.9 Å². The third-order valence-corrected chi connectivity index (χ3v) is 15.9. The van der Waals surface area contributed by atoms with Gasteiger partial charge in [-0.05, 0) is 82.0 Å². The van der Waals surface area contributed by atoms with Gasteiger partial charge in [-0.2, -0.15) is 0 Å². The molecule has 2 unspecified atom stereocenters. The number of rotatable bonds is 10. The highest BCUT2D eigenvalue weighted by atomic mass is 16.7. The molecule has 7 aliphatic rings. The predicted octanol–water partition coefficient (Wildman–Crippen LogP) is 6.99. The van der Waals surface area contributed by atoms with E-state index in [1.807, 2.05) is 39.1 Å². The molecule has 1 aromatic carbocycles. The number of hydrogen-bond acceptors (Lipinski definition) is 15. The zero-order chi connectivity index (χ0) is 52.1. The molecule has 0 amide bonds. The fraction of sp³-hybridized carbons (Fsp3) is 0.679. The summed E-state index contributed by atoms with van der Waals surface area (Å²) in [5.41, 5.74) is 0.511. The van der Waals surface area contributed by atoms with Crippen LogP contribution in [0.15, 0.2) is 89.6 Å². The molecule has 16 nitrogen and oxygen atoms in total. The standard InChI is InChI=1S/C49H75NO13.C7H6O2/c1-12-26(2)44-29(5)18-19-48(63-44)24-35-21-34(62-48)17-16-28(4)43(27(3)14-13-15-33-25-56-46-42(51)30(6)20-36(47(52)59-35)49(33,46)53)60-40-23-38(55-11)45(32(8)58-40)61-39-22-37(54-10)41(50-9)31(7)57-39;8-7(9)6-4-2-1-3-5-6/h13-16,18-20,26-27,29,31-32,34-46,50-51,53H,12,17,21-25H2,1-11H3;1-5H,(H,8,9)/b14-13+,28-16+,33-15+;/t26-,27-,29-,31-,32+,34+,35-,36-,37-,38+,39-,40+,41+,42+,43?,44+,45?,46+,48+,49+;/m0./s1. The first kappa shape index (κ1) is 56.1. The molecular formula is C56H81NO15. The lowest BCUT2D eigenvalue weighted by molar-refractivity contribution is -0.312. The van der Waals surface area contributed by atoms with Gasteiger partial charge in [0.25, 0.3) is 0 Å².